The third kappa shape index (κ3) is 3.10. The van der Waals surface area contributed by atoms with E-state index in [1.807, 2.05) is 98.8 Å². The number of carbonyl (C=O) groups is 2. The van der Waals surface area contributed by atoms with Gasteiger partial charge in [0.2, 0.25) is 0 Å². The number of aryl methyl sites for hydroxylation is 2. The number of amides is 2. The molecule has 34 heavy (non-hydrogen) atoms. The Hall–Kier alpha value is -3.74. The maximum Gasteiger partial charge on any atom is 0.265 e. The highest BCUT2D eigenvalue weighted by Gasteiger charge is 2.50. The summed E-state index contributed by atoms with van der Waals surface area (Å²) >= 11 is 3.18. The highest BCUT2D eigenvalue weighted by molar-refractivity contribution is 7.13. The molecule has 6 heteroatoms. The van der Waals surface area contributed by atoms with Crippen LogP contribution in [-0.4, -0.2) is 11.8 Å². The predicted molar refractivity (Wildman–Crippen MR) is 140 cm³/mol. The Morgan fingerprint density at radius 3 is 1.24 bits per heavy atom. The normalized spacial score (nSPS) is 15.7. The lowest BCUT2D eigenvalue weighted by atomic mass is 10.1. The van der Waals surface area contributed by atoms with E-state index in [1.54, 1.807) is 32.5 Å². The second-order valence-electron chi connectivity index (χ2n) is 8.22. The van der Waals surface area contributed by atoms with Crippen molar-refractivity contribution in [1.82, 2.24) is 0 Å². The fraction of sp³-hybridized carbons (Fsp3) is 0.0714. The Kier molecular flexibility index (Phi) is 4.86. The zero-order valence-corrected chi connectivity index (χ0v) is 20.2. The van der Waals surface area contributed by atoms with Gasteiger partial charge in [0.25, 0.3) is 11.8 Å². The quantitative estimate of drug-likeness (QED) is 0.328. The summed E-state index contributed by atoms with van der Waals surface area (Å²) in [6.45, 7) is 4.07. The third-order valence-corrected chi connectivity index (χ3v) is 8.00. The average molecular weight is 481 g/mol. The van der Waals surface area contributed by atoms with Gasteiger partial charge in [-0.3, -0.25) is 19.4 Å². The number of hydrogen-bond acceptors (Lipinski definition) is 4. The third-order valence-electron chi connectivity index (χ3n) is 5.98. The summed E-state index contributed by atoms with van der Waals surface area (Å²) in [5.74, 6) is -0.342. The number of anilines is 2. The van der Waals surface area contributed by atoms with Crippen molar-refractivity contribution >= 4 is 57.3 Å². The average Bonchev–Trinajstić information content (AvgIpc) is 3.60. The SMILES string of the molecule is Cc1ccc(C2=C3C(=O)N(c4ccccc4)C(c4ccc(C)s4)=C3C(=O)N2c2ccccc2)s1. The first-order chi connectivity index (χ1) is 16.5. The van der Waals surface area contributed by atoms with Gasteiger partial charge in [-0.15, -0.1) is 22.7 Å². The summed E-state index contributed by atoms with van der Waals surface area (Å²) in [7, 11) is 0. The number of hydrogen-bond donors (Lipinski definition) is 0. The van der Waals surface area contributed by atoms with E-state index in [9.17, 15) is 9.59 Å². The van der Waals surface area contributed by atoms with E-state index in [4.69, 9.17) is 0 Å². The Labute approximate surface area is 205 Å². The molecule has 0 fully saturated rings. The van der Waals surface area contributed by atoms with Gasteiger partial charge in [-0.05, 0) is 62.4 Å². The molecular weight excluding hydrogens is 460 g/mol. The molecule has 2 aromatic heterocycles. The van der Waals surface area contributed by atoms with E-state index >= 15 is 0 Å². The van der Waals surface area contributed by atoms with Crippen LogP contribution in [0.5, 0.6) is 0 Å². The van der Waals surface area contributed by atoms with E-state index in [0.717, 1.165) is 30.9 Å². The van der Waals surface area contributed by atoms with Crippen LogP contribution in [0.15, 0.2) is 96.1 Å². The maximum absolute atomic E-state index is 14.1. The van der Waals surface area contributed by atoms with E-state index in [2.05, 4.69) is 0 Å². The lowest BCUT2D eigenvalue weighted by Gasteiger charge is -2.24. The van der Waals surface area contributed by atoms with Crippen molar-refractivity contribution in [3.05, 3.63) is 116 Å². The van der Waals surface area contributed by atoms with E-state index in [1.165, 1.54) is 0 Å². The lowest BCUT2D eigenvalue weighted by molar-refractivity contribution is -0.115. The first-order valence-electron chi connectivity index (χ1n) is 11.0. The van der Waals surface area contributed by atoms with E-state index in [0.29, 0.717) is 22.5 Å². The van der Waals surface area contributed by atoms with E-state index in [-0.39, 0.29) is 11.8 Å². The number of fused-ring (bicyclic) bond motifs is 1. The maximum atomic E-state index is 14.1. The molecule has 0 N–H and O–H groups in total. The van der Waals surface area contributed by atoms with Crippen LogP contribution in [0.4, 0.5) is 11.4 Å². The summed E-state index contributed by atoms with van der Waals surface area (Å²) in [6, 6.07) is 27.2. The van der Waals surface area contributed by atoms with Gasteiger partial charge in [-0.25, -0.2) is 0 Å². The van der Waals surface area contributed by atoms with Gasteiger partial charge in [0.05, 0.1) is 32.3 Å². The summed E-state index contributed by atoms with van der Waals surface area (Å²) in [6.07, 6.45) is 0. The van der Waals surface area contributed by atoms with Crippen molar-refractivity contribution in [2.75, 3.05) is 9.80 Å². The fourth-order valence-electron chi connectivity index (χ4n) is 4.54. The van der Waals surface area contributed by atoms with Gasteiger partial charge in [0.15, 0.2) is 0 Å². The minimum Gasteiger partial charge on any atom is -0.275 e. The van der Waals surface area contributed by atoms with Crippen LogP contribution in [0.1, 0.15) is 19.5 Å². The van der Waals surface area contributed by atoms with Gasteiger partial charge in [0.1, 0.15) is 0 Å². The molecule has 0 saturated carbocycles. The molecule has 0 saturated heterocycles. The van der Waals surface area contributed by atoms with Crippen molar-refractivity contribution in [2.45, 2.75) is 13.8 Å². The van der Waals surface area contributed by atoms with Gasteiger partial charge in [-0.2, -0.15) is 0 Å². The minimum atomic E-state index is -0.171. The Bertz CT molecular complexity index is 1390. The Morgan fingerprint density at radius 1 is 0.529 bits per heavy atom. The molecular formula is C28H20N2O2S2. The molecule has 4 heterocycles. The minimum absolute atomic E-state index is 0.171. The summed E-state index contributed by atoms with van der Waals surface area (Å²) in [5, 5.41) is 0. The largest absolute Gasteiger partial charge is 0.275 e. The predicted octanol–water partition coefficient (Wildman–Crippen LogP) is 6.64. The molecule has 4 nitrogen and oxygen atoms in total. The molecule has 0 spiro atoms. The van der Waals surface area contributed by atoms with Crippen LogP contribution in [0.3, 0.4) is 0 Å². The second-order valence-corrected chi connectivity index (χ2v) is 10.8. The number of para-hydroxylation sites is 2. The molecule has 0 unspecified atom stereocenters. The molecule has 6 rings (SSSR count). The molecule has 2 aromatic carbocycles. The lowest BCUT2D eigenvalue weighted by Crippen LogP contribution is -2.29. The van der Waals surface area contributed by atoms with Crippen LogP contribution in [0.25, 0.3) is 11.4 Å². The number of nitrogens with zero attached hydrogens (tertiary/aromatic N) is 2. The molecule has 166 valence electrons. The van der Waals surface area contributed by atoms with Gasteiger partial charge in [0, 0.05) is 21.1 Å². The van der Waals surface area contributed by atoms with E-state index < -0.39 is 0 Å². The number of rotatable bonds is 4. The highest BCUT2D eigenvalue weighted by Crippen LogP contribution is 2.50. The first-order valence-corrected chi connectivity index (χ1v) is 12.6. The van der Waals surface area contributed by atoms with Gasteiger partial charge >= 0.3 is 0 Å². The molecule has 2 aliphatic heterocycles. The zero-order chi connectivity index (χ0) is 23.4. The van der Waals surface area contributed by atoms with Gasteiger partial charge < -0.3 is 0 Å². The van der Waals surface area contributed by atoms with Crippen molar-refractivity contribution < 1.29 is 9.59 Å². The van der Waals surface area contributed by atoms with Crippen LogP contribution < -0.4 is 9.80 Å². The molecule has 2 aliphatic rings. The fourth-order valence-corrected chi connectivity index (χ4v) is 6.36. The summed E-state index contributed by atoms with van der Waals surface area (Å²) < 4.78 is 0. The number of carbonyl (C=O) groups excluding carboxylic acids is 2. The van der Waals surface area contributed by atoms with Crippen LogP contribution in [-0.2, 0) is 9.59 Å². The van der Waals surface area contributed by atoms with Crippen molar-refractivity contribution in [3.8, 4) is 0 Å². The monoisotopic (exact) mass is 480 g/mol. The van der Waals surface area contributed by atoms with Crippen molar-refractivity contribution in [3.63, 3.8) is 0 Å². The second kappa shape index (κ2) is 7.94. The van der Waals surface area contributed by atoms with Crippen molar-refractivity contribution in [1.29, 1.82) is 0 Å². The standard InChI is InChI=1S/C28H20N2O2S2/c1-17-13-15-21(33-17)25-23-24(28(32)29(25)19-9-5-3-6-10-19)26(22-16-14-18(2)34-22)30(27(23)31)20-11-7-4-8-12-20/h3-16H,1-2H3. The first kappa shape index (κ1) is 20.8. The summed E-state index contributed by atoms with van der Waals surface area (Å²) in [4.78, 5) is 35.8. The van der Waals surface area contributed by atoms with Crippen LogP contribution in [0, 0.1) is 13.8 Å². The zero-order valence-electron chi connectivity index (χ0n) is 18.6. The molecule has 0 aliphatic carbocycles. The smallest absolute Gasteiger partial charge is 0.265 e. The van der Waals surface area contributed by atoms with Gasteiger partial charge in [-0.1, -0.05) is 36.4 Å². The molecule has 2 amide bonds. The summed E-state index contributed by atoms with van der Waals surface area (Å²) in [5.41, 5.74) is 3.78. The highest BCUT2D eigenvalue weighted by atomic mass is 32.1. The Morgan fingerprint density at radius 2 is 0.912 bits per heavy atom. The Balaban J connectivity index is 1.68. The molecule has 0 atom stereocenters. The number of benzene rings is 2. The van der Waals surface area contributed by atoms with Crippen LogP contribution >= 0.6 is 22.7 Å². The molecule has 4 aromatic rings. The van der Waals surface area contributed by atoms with Crippen LogP contribution in [0.2, 0.25) is 0 Å². The number of thiophene rings is 2. The topological polar surface area (TPSA) is 40.6 Å². The van der Waals surface area contributed by atoms with Crippen molar-refractivity contribution in [2.24, 2.45) is 0 Å². The molecule has 0 radical (unpaired) electrons. The molecule has 0 bridgehead atoms.